The lowest BCUT2D eigenvalue weighted by Gasteiger charge is -2.26. The first kappa shape index (κ1) is 13.7. The molecule has 3 N–H and O–H groups in total. The molecule has 0 bridgehead atoms. The highest BCUT2D eigenvalue weighted by atomic mass is 15.3. The van der Waals surface area contributed by atoms with Crippen molar-refractivity contribution in [3.63, 3.8) is 0 Å². The molecule has 1 saturated carbocycles. The second-order valence-electron chi connectivity index (χ2n) is 6.07. The summed E-state index contributed by atoms with van der Waals surface area (Å²) in [6.07, 6.45) is 3.66. The summed E-state index contributed by atoms with van der Waals surface area (Å²) in [5.41, 5.74) is 3.83. The predicted molar refractivity (Wildman–Crippen MR) is 79.3 cm³/mol. The Labute approximate surface area is 120 Å². The normalized spacial score (nSPS) is 25.4. The van der Waals surface area contributed by atoms with Crippen molar-refractivity contribution in [1.82, 2.24) is 19.8 Å². The average molecular weight is 276 g/mol. The minimum Gasteiger partial charge on any atom is -0.308 e. The van der Waals surface area contributed by atoms with E-state index in [1.807, 2.05) is 6.07 Å². The van der Waals surface area contributed by atoms with Gasteiger partial charge in [-0.1, -0.05) is 0 Å². The molecule has 2 aliphatic rings. The number of rotatable bonds is 3. The molecule has 1 aromatic rings. The number of hydrazine groups is 1. The van der Waals surface area contributed by atoms with Gasteiger partial charge in [-0.25, -0.2) is 15.8 Å². The molecule has 1 aliphatic carbocycles. The van der Waals surface area contributed by atoms with E-state index < -0.39 is 0 Å². The largest absolute Gasteiger partial charge is 0.308 e. The molecule has 20 heavy (non-hydrogen) atoms. The van der Waals surface area contributed by atoms with Crippen LogP contribution in [0.4, 0.5) is 5.82 Å². The molecule has 2 fully saturated rings. The van der Waals surface area contributed by atoms with E-state index in [9.17, 15) is 0 Å². The fourth-order valence-corrected chi connectivity index (χ4v) is 2.85. The number of nitrogens with two attached hydrogens (primary N) is 1. The Balaban J connectivity index is 1.92. The van der Waals surface area contributed by atoms with Crippen LogP contribution in [0, 0.1) is 0 Å². The van der Waals surface area contributed by atoms with Gasteiger partial charge in [0.1, 0.15) is 11.6 Å². The second kappa shape index (κ2) is 5.63. The molecule has 1 unspecified atom stereocenters. The number of likely N-dealkylation sites (N-methyl/N-ethyl adjacent to an activating group) is 2. The zero-order valence-electron chi connectivity index (χ0n) is 12.3. The van der Waals surface area contributed by atoms with Gasteiger partial charge >= 0.3 is 0 Å². The molecule has 1 atom stereocenters. The standard InChI is InChI=1S/C14H24N6/c1-19-6-3-7-20(2)12(9-19)14-16-11(10-4-5-10)8-13(17-14)18-15/h8,10,12H,3-7,9,15H2,1-2H3,(H,16,17,18). The van der Waals surface area contributed by atoms with E-state index in [0.29, 0.717) is 5.92 Å². The van der Waals surface area contributed by atoms with Crippen molar-refractivity contribution in [1.29, 1.82) is 0 Å². The number of aromatic nitrogens is 2. The van der Waals surface area contributed by atoms with Crippen LogP contribution < -0.4 is 11.3 Å². The quantitative estimate of drug-likeness (QED) is 0.633. The fraction of sp³-hybridized carbons (Fsp3) is 0.714. The van der Waals surface area contributed by atoms with Gasteiger partial charge in [0.25, 0.3) is 0 Å². The van der Waals surface area contributed by atoms with Crippen LogP contribution >= 0.6 is 0 Å². The lowest BCUT2D eigenvalue weighted by Crippen LogP contribution is -2.32. The van der Waals surface area contributed by atoms with E-state index >= 15 is 0 Å². The lowest BCUT2D eigenvalue weighted by molar-refractivity contribution is 0.219. The van der Waals surface area contributed by atoms with Crippen LogP contribution in [0.5, 0.6) is 0 Å². The monoisotopic (exact) mass is 276 g/mol. The summed E-state index contributed by atoms with van der Waals surface area (Å²) in [4.78, 5) is 14.1. The van der Waals surface area contributed by atoms with Crippen molar-refractivity contribution >= 4 is 5.82 Å². The van der Waals surface area contributed by atoms with Gasteiger partial charge in [-0.3, -0.25) is 4.90 Å². The van der Waals surface area contributed by atoms with Crippen molar-refractivity contribution in [3.05, 3.63) is 17.6 Å². The number of anilines is 1. The molecular formula is C14H24N6. The van der Waals surface area contributed by atoms with E-state index in [2.05, 4.69) is 34.3 Å². The molecule has 1 saturated heterocycles. The number of hydrogen-bond acceptors (Lipinski definition) is 6. The van der Waals surface area contributed by atoms with Crippen molar-refractivity contribution in [2.24, 2.45) is 5.84 Å². The van der Waals surface area contributed by atoms with Crippen LogP contribution in [0.15, 0.2) is 6.07 Å². The Bertz CT molecular complexity index is 473. The molecule has 0 aromatic carbocycles. The first-order valence-corrected chi connectivity index (χ1v) is 7.41. The van der Waals surface area contributed by atoms with Gasteiger partial charge in [-0.15, -0.1) is 0 Å². The lowest BCUT2D eigenvalue weighted by atomic mass is 10.2. The number of nitrogens with zero attached hydrogens (tertiary/aromatic N) is 4. The van der Waals surface area contributed by atoms with Gasteiger partial charge in [-0.2, -0.15) is 0 Å². The second-order valence-corrected chi connectivity index (χ2v) is 6.07. The number of nitrogens with one attached hydrogen (secondary N) is 1. The Morgan fingerprint density at radius 1 is 1.25 bits per heavy atom. The number of hydrogen-bond donors (Lipinski definition) is 2. The SMILES string of the molecule is CN1CCCN(C)C(c2nc(NN)cc(C3CC3)n2)C1. The Hall–Kier alpha value is -1.24. The van der Waals surface area contributed by atoms with E-state index in [-0.39, 0.29) is 6.04 Å². The first-order valence-electron chi connectivity index (χ1n) is 7.41. The smallest absolute Gasteiger partial charge is 0.149 e. The molecule has 110 valence electrons. The highest BCUT2D eigenvalue weighted by Crippen LogP contribution is 2.40. The molecule has 3 rings (SSSR count). The zero-order valence-corrected chi connectivity index (χ0v) is 12.3. The molecule has 2 heterocycles. The molecule has 6 nitrogen and oxygen atoms in total. The number of nitrogen functional groups attached to an aromatic ring is 1. The molecule has 0 radical (unpaired) electrons. The molecule has 1 aliphatic heterocycles. The third kappa shape index (κ3) is 2.92. The zero-order chi connectivity index (χ0) is 14.1. The van der Waals surface area contributed by atoms with Crippen LogP contribution in [-0.4, -0.2) is 53.5 Å². The van der Waals surface area contributed by atoms with Crippen molar-refractivity contribution in [3.8, 4) is 0 Å². The minimum atomic E-state index is 0.244. The van der Waals surface area contributed by atoms with Crippen molar-refractivity contribution in [2.45, 2.75) is 31.2 Å². The summed E-state index contributed by atoms with van der Waals surface area (Å²) in [5, 5.41) is 0. The summed E-state index contributed by atoms with van der Waals surface area (Å²) in [6, 6.07) is 2.23. The van der Waals surface area contributed by atoms with E-state index in [0.717, 1.165) is 37.0 Å². The predicted octanol–water partition coefficient (Wildman–Crippen LogP) is 0.948. The van der Waals surface area contributed by atoms with Crippen molar-refractivity contribution < 1.29 is 0 Å². The molecule has 0 spiro atoms. The molecule has 0 amide bonds. The highest BCUT2D eigenvalue weighted by molar-refractivity contribution is 5.37. The van der Waals surface area contributed by atoms with E-state index in [1.165, 1.54) is 19.3 Å². The van der Waals surface area contributed by atoms with Gasteiger partial charge in [0.15, 0.2) is 0 Å². The van der Waals surface area contributed by atoms with Gasteiger partial charge in [0.05, 0.1) is 6.04 Å². The topological polar surface area (TPSA) is 70.3 Å². The Kier molecular flexibility index (Phi) is 3.87. The molecular weight excluding hydrogens is 252 g/mol. The summed E-state index contributed by atoms with van der Waals surface area (Å²) in [5.74, 6) is 7.81. The Morgan fingerprint density at radius 2 is 2.05 bits per heavy atom. The Morgan fingerprint density at radius 3 is 2.75 bits per heavy atom. The summed E-state index contributed by atoms with van der Waals surface area (Å²) in [7, 11) is 4.32. The summed E-state index contributed by atoms with van der Waals surface area (Å²) in [6.45, 7) is 3.18. The van der Waals surface area contributed by atoms with Crippen molar-refractivity contribution in [2.75, 3.05) is 39.2 Å². The van der Waals surface area contributed by atoms with Gasteiger partial charge < -0.3 is 10.3 Å². The van der Waals surface area contributed by atoms with Crippen LogP contribution in [0.25, 0.3) is 0 Å². The highest BCUT2D eigenvalue weighted by Gasteiger charge is 2.29. The third-order valence-corrected chi connectivity index (χ3v) is 4.27. The van der Waals surface area contributed by atoms with Crippen LogP contribution in [0.2, 0.25) is 0 Å². The van der Waals surface area contributed by atoms with E-state index in [4.69, 9.17) is 10.8 Å². The minimum absolute atomic E-state index is 0.244. The van der Waals surface area contributed by atoms with Crippen LogP contribution in [0.1, 0.15) is 42.7 Å². The van der Waals surface area contributed by atoms with Crippen LogP contribution in [-0.2, 0) is 0 Å². The molecule has 6 heteroatoms. The maximum absolute atomic E-state index is 5.57. The third-order valence-electron chi connectivity index (χ3n) is 4.27. The summed E-state index contributed by atoms with van der Waals surface area (Å²) >= 11 is 0. The summed E-state index contributed by atoms with van der Waals surface area (Å²) < 4.78 is 0. The van der Waals surface area contributed by atoms with Gasteiger partial charge in [0.2, 0.25) is 0 Å². The van der Waals surface area contributed by atoms with Crippen LogP contribution in [0.3, 0.4) is 0 Å². The van der Waals surface area contributed by atoms with Gasteiger partial charge in [0, 0.05) is 24.2 Å². The average Bonchev–Trinajstić information content (AvgIpc) is 3.28. The fourth-order valence-electron chi connectivity index (χ4n) is 2.85. The molecule has 1 aromatic heterocycles. The maximum atomic E-state index is 5.57. The van der Waals surface area contributed by atoms with Gasteiger partial charge in [-0.05, 0) is 46.4 Å². The first-order chi connectivity index (χ1) is 9.67. The maximum Gasteiger partial charge on any atom is 0.149 e. The van der Waals surface area contributed by atoms with E-state index in [1.54, 1.807) is 0 Å².